The van der Waals surface area contributed by atoms with Gasteiger partial charge in [-0.2, -0.15) is 16.9 Å². The zero-order valence-corrected chi connectivity index (χ0v) is 18.8. The summed E-state index contributed by atoms with van der Waals surface area (Å²) in [6.45, 7) is 0. The molecule has 1 amide bonds. The SMILES string of the molecule is O=C(Nc1c2c(nn1-c1ccc(Oc3ccccc3)cc1)CSC2)c1ccccc1Br. The molecule has 31 heavy (non-hydrogen) atoms. The van der Waals surface area contributed by atoms with Crippen LogP contribution in [-0.4, -0.2) is 15.7 Å². The number of ether oxygens (including phenoxy) is 1. The predicted octanol–water partition coefficient (Wildman–Crippen LogP) is 6.43. The minimum atomic E-state index is -0.169. The summed E-state index contributed by atoms with van der Waals surface area (Å²) >= 11 is 5.26. The summed E-state index contributed by atoms with van der Waals surface area (Å²) < 4.78 is 8.46. The maximum Gasteiger partial charge on any atom is 0.257 e. The van der Waals surface area contributed by atoms with E-state index < -0.39 is 0 Å². The number of benzene rings is 3. The van der Waals surface area contributed by atoms with Crippen LogP contribution in [0.15, 0.2) is 83.3 Å². The Bertz CT molecular complexity index is 1240. The molecule has 5 nitrogen and oxygen atoms in total. The van der Waals surface area contributed by atoms with Crippen LogP contribution in [0.1, 0.15) is 21.6 Å². The van der Waals surface area contributed by atoms with Crippen molar-refractivity contribution in [3.8, 4) is 17.2 Å². The fourth-order valence-corrected chi connectivity index (χ4v) is 4.93. The summed E-state index contributed by atoms with van der Waals surface area (Å²) in [6, 6.07) is 24.8. The fourth-order valence-electron chi connectivity index (χ4n) is 3.43. The predicted molar refractivity (Wildman–Crippen MR) is 127 cm³/mol. The molecule has 1 aliphatic rings. The molecule has 0 saturated carbocycles. The first-order valence-electron chi connectivity index (χ1n) is 9.77. The summed E-state index contributed by atoms with van der Waals surface area (Å²) in [5, 5.41) is 7.86. The lowest BCUT2D eigenvalue weighted by Crippen LogP contribution is -2.16. The summed E-state index contributed by atoms with van der Waals surface area (Å²) in [4.78, 5) is 13.0. The lowest BCUT2D eigenvalue weighted by atomic mass is 10.2. The highest BCUT2D eigenvalue weighted by atomic mass is 79.9. The number of hydrogen-bond acceptors (Lipinski definition) is 4. The second-order valence-corrected chi connectivity index (χ2v) is 8.86. The van der Waals surface area contributed by atoms with Crippen molar-refractivity contribution >= 4 is 39.4 Å². The zero-order valence-electron chi connectivity index (χ0n) is 16.4. The minimum absolute atomic E-state index is 0.169. The Morgan fingerprint density at radius 3 is 2.42 bits per heavy atom. The number of para-hydroxylation sites is 1. The number of fused-ring (bicyclic) bond motifs is 1. The van der Waals surface area contributed by atoms with Gasteiger partial charge in [-0.25, -0.2) is 4.68 Å². The van der Waals surface area contributed by atoms with Crippen LogP contribution >= 0.6 is 27.7 Å². The van der Waals surface area contributed by atoms with Crippen molar-refractivity contribution in [3.63, 3.8) is 0 Å². The third-order valence-corrected chi connectivity index (χ3v) is 6.62. The van der Waals surface area contributed by atoms with Gasteiger partial charge in [0.2, 0.25) is 0 Å². The van der Waals surface area contributed by atoms with Gasteiger partial charge in [-0.05, 0) is 64.5 Å². The number of halogens is 1. The Morgan fingerprint density at radius 1 is 0.935 bits per heavy atom. The molecular formula is C24H18BrN3O2S. The molecule has 1 aliphatic heterocycles. The first-order valence-corrected chi connectivity index (χ1v) is 11.7. The molecule has 0 saturated heterocycles. The molecule has 1 N–H and O–H groups in total. The number of anilines is 1. The number of amides is 1. The third-order valence-electron chi connectivity index (χ3n) is 4.96. The second kappa shape index (κ2) is 8.61. The molecule has 2 heterocycles. The van der Waals surface area contributed by atoms with Crippen LogP contribution in [-0.2, 0) is 11.5 Å². The maximum absolute atomic E-state index is 13.0. The minimum Gasteiger partial charge on any atom is -0.457 e. The van der Waals surface area contributed by atoms with Crippen LogP contribution in [0.2, 0.25) is 0 Å². The standard InChI is InChI=1S/C24H18BrN3O2S/c25-21-9-5-4-8-19(21)24(29)26-23-20-14-31-15-22(20)27-28(23)16-10-12-18(13-11-16)30-17-6-2-1-3-7-17/h1-13H,14-15H2,(H,26,29). The monoisotopic (exact) mass is 491 g/mol. The lowest BCUT2D eigenvalue weighted by Gasteiger charge is -2.12. The molecule has 1 aromatic heterocycles. The van der Waals surface area contributed by atoms with Crippen molar-refractivity contribution in [2.24, 2.45) is 0 Å². The highest BCUT2D eigenvalue weighted by Gasteiger charge is 2.25. The van der Waals surface area contributed by atoms with E-state index in [2.05, 4.69) is 21.2 Å². The molecule has 0 spiro atoms. The van der Waals surface area contributed by atoms with Gasteiger partial charge in [0.25, 0.3) is 5.91 Å². The molecule has 0 aliphatic carbocycles. The highest BCUT2D eigenvalue weighted by molar-refractivity contribution is 9.10. The van der Waals surface area contributed by atoms with Crippen molar-refractivity contribution in [2.45, 2.75) is 11.5 Å². The van der Waals surface area contributed by atoms with Crippen molar-refractivity contribution in [1.82, 2.24) is 9.78 Å². The average molecular weight is 492 g/mol. The first kappa shape index (κ1) is 19.9. The molecule has 0 radical (unpaired) electrons. The van der Waals surface area contributed by atoms with E-state index in [0.29, 0.717) is 5.56 Å². The van der Waals surface area contributed by atoms with E-state index in [1.807, 2.05) is 77.5 Å². The van der Waals surface area contributed by atoms with E-state index >= 15 is 0 Å². The number of carbonyl (C=O) groups excluding carboxylic acids is 1. The Labute approximate surface area is 192 Å². The summed E-state index contributed by atoms with van der Waals surface area (Å²) in [5.74, 6) is 3.75. The molecule has 154 valence electrons. The van der Waals surface area contributed by atoms with Crippen LogP contribution in [0.5, 0.6) is 11.5 Å². The van der Waals surface area contributed by atoms with Crippen molar-refractivity contribution < 1.29 is 9.53 Å². The molecule has 7 heteroatoms. The van der Waals surface area contributed by atoms with Crippen molar-refractivity contribution in [1.29, 1.82) is 0 Å². The third kappa shape index (κ3) is 4.11. The Balaban J connectivity index is 1.45. The smallest absolute Gasteiger partial charge is 0.257 e. The number of nitrogens with zero attached hydrogens (tertiary/aromatic N) is 2. The van der Waals surface area contributed by atoms with E-state index in [1.54, 1.807) is 17.8 Å². The van der Waals surface area contributed by atoms with E-state index in [9.17, 15) is 4.79 Å². The van der Waals surface area contributed by atoms with Gasteiger partial charge >= 0.3 is 0 Å². The number of hydrogen-bond donors (Lipinski definition) is 1. The summed E-state index contributed by atoms with van der Waals surface area (Å²) in [5.41, 5.74) is 3.54. The van der Waals surface area contributed by atoms with Crippen LogP contribution < -0.4 is 10.1 Å². The summed E-state index contributed by atoms with van der Waals surface area (Å²) in [6.07, 6.45) is 0. The lowest BCUT2D eigenvalue weighted by molar-refractivity contribution is 0.102. The van der Waals surface area contributed by atoms with Gasteiger partial charge < -0.3 is 10.1 Å². The molecule has 0 unspecified atom stereocenters. The van der Waals surface area contributed by atoms with Crippen LogP contribution in [0.4, 0.5) is 5.82 Å². The Hall–Kier alpha value is -3.03. The molecule has 0 atom stereocenters. The number of nitrogens with one attached hydrogen (secondary N) is 1. The van der Waals surface area contributed by atoms with Crippen molar-refractivity contribution in [3.05, 3.63) is 100 Å². The van der Waals surface area contributed by atoms with E-state index in [0.717, 1.165) is 50.2 Å². The van der Waals surface area contributed by atoms with E-state index in [-0.39, 0.29) is 5.91 Å². The normalized spacial score (nSPS) is 12.4. The molecule has 5 rings (SSSR count). The highest BCUT2D eigenvalue weighted by Crippen LogP contribution is 2.37. The molecular weight excluding hydrogens is 474 g/mol. The fraction of sp³-hybridized carbons (Fsp3) is 0.0833. The molecule has 4 aromatic rings. The van der Waals surface area contributed by atoms with Gasteiger partial charge in [-0.1, -0.05) is 30.3 Å². The van der Waals surface area contributed by atoms with Gasteiger partial charge in [-0.15, -0.1) is 0 Å². The van der Waals surface area contributed by atoms with E-state index in [1.165, 1.54) is 0 Å². The van der Waals surface area contributed by atoms with Crippen LogP contribution in [0.25, 0.3) is 5.69 Å². The Morgan fingerprint density at radius 2 is 1.65 bits per heavy atom. The quantitative estimate of drug-likeness (QED) is 0.349. The van der Waals surface area contributed by atoms with Gasteiger partial charge in [0, 0.05) is 21.5 Å². The molecule has 3 aromatic carbocycles. The largest absolute Gasteiger partial charge is 0.457 e. The van der Waals surface area contributed by atoms with E-state index in [4.69, 9.17) is 9.84 Å². The average Bonchev–Trinajstić information content (AvgIpc) is 3.38. The topological polar surface area (TPSA) is 56.2 Å². The molecule has 0 bridgehead atoms. The van der Waals surface area contributed by atoms with Gasteiger partial charge in [0.15, 0.2) is 0 Å². The first-order chi connectivity index (χ1) is 15.2. The van der Waals surface area contributed by atoms with Gasteiger partial charge in [0.1, 0.15) is 17.3 Å². The number of carbonyl (C=O) groups is 1. The second-order valence-electron chi connectivity index (χ2n) is 7.02. The molecule has 0 fully saturated rings. The maximum atomic E-state index is 13.0. The van der Waals surface area contributed by atoms with Crippen LogP contribution in [0.3, 0.4) is 0 Å². The van der Waals surface area contributed by atoms with Gasteiger partial charge in [0.05, 0.1) is 16.9 Å². The number of aromatic nitrogens is 2. The summed E-state index contributed by atoms with van der Waals surface area (Å²) in [7, 11) is 0. The van der Waals surface area contributed by atoms with Gasteiger partial charge in [-0.3, -0.25) is 4.79 Å². The van der Waals surface area contributed by atoms with Crippen molar-refractivity contribution in [2.75, 3.05) is 5.32 Å². The van der Waals surface area contributed by atoms with Crippen LogP contribution in [0, 0.1) is 0 Å². The zero-order chi connectivity index (χ0) is 21.2. The Kier molecular flexibility index (Phi) is 5.53. The number of rotatable bonds is 5. The number of thioether (sulfide) groups is 1.